The van der Waals surface area contributed by atoms with E-state index in [4.69, 9.17) is 9.47 Å². The first-order valence-electron chi connectivity index (χ1n) is 9.34. The van der Waals surface area contributed by atoms with Crippen LogP contribution in [0.2, 0.25) is 0 Å². The number of esters is 1. The molecule has 0 spiro atoms. The van der Waals surface area contributed by atoms with Crippen LogP contribution < -0.4 is 10.1 Å². The number of halogens is 1. The van der Waals surface area contributed by atoms with Crippen molar-refractivity contribution >= 4 is 22.6 Å². The lowest BCUT2D eigenvalue weighted by Crippen LogP contribution is -2.37. The van der Waals surface area contributed by atoms with Gasteiger partial charge in [-0.25, -0.2) is 9.18 Å². The Labute approximate surface area is 168 Å². The van der Waals surface area contributed by atoms with Crippen LogP contribution in [-0.2, 0) is 20.7 Å². The van der Waals surface area contributed by atoms with Crippen LogP contribution in [0.15, 0.2) is 66.7 Å². The fourth-order valence-electron chi connectivity index (χ4n) is 2.81. The third-order valence-corrected chi connectivity index (χ3v) is 4.38. The first kappa shape index (κ1) is 20.3. The lowest BCUT2D eigenvalue weighted by molar-refractivity contribution is -0.156. The van der Waals surface area contributed by atoms with E-state index in [-0.39, 0.29) is 12.4 Å². The summed E-state index contributed by atoms with van der Waals surface area (Å²) >= 11 is 0. The minimum absolute atomic E-state index is 0.286. The van der Waals surface area contributed by atoms with Gasteiger partial charge in [0.05, 0.1) is 0 Å². The number of amides is 1. The average molecular weight is 395 g/mol. The maximum atomic E-state index is 12.9. The SMILES string of the molecule is C[C@H](OC(=O)COc1ccc2ccccc2c1)C(=O)NCCc1ccc(F)cc1. The minimum atomic E-state index is -0.934. The molecule has 0 saturated carbocycles. The number of hydrogen-bond donors (Lipinski definition) is 1. The molecule has 0 aliphatic rings. The van der Waals surface area contributed by atoms with Crippen LogP contribution in [0.25, 0.3) is 10.8 Å². The van der Waals surface area contributed by atoms with Gasteiger partial charge in [0.1, 0.15) is 11.6 Å². The summed E-state index contributed by atoms with van der Waals surface area (Å²) in [5, 5.41) is 4.78. The first-order chi connectivity index (χ1) is 14.0. The van der Waals surface area contributed by atoms with Crippen molar-refractivity contribution in [3.63, 3.8) is 0 Å². The summed E-state index contributed by atoms with van der Waals surface area (Å²) in [5.41, 5.74) is 0.903. The molecule has 0 saturated heterocycles. The van der Waals surface area contributed by atoms with E-state index < -0.39 is 18.0 Å². The number of benzene rings is 3. The Bertz CT molecular complexity index is 988. The normalized spacial score (nSPS) is 11.7. The molecule has 3 aromatic carbocycles. The number of carbonyl (C=O) groups excluding carboxylic acids is 2. The maximum Gasteiger partial charge on any atom is 0.344 e. The van der Waals surface area contributed by atoms with E-state index in [1.165, 1.54) is 19.1 Å². The summed E-state index contributed by atoms with van der Waals surface area (Å²) < 4.78 is 23.5. The van der Waals surface area contributed by atoms with Crippen LogP contribution >= 0.6 is 0 Å². The smallest absolute Gasteiger partial charge is 0.344 e. The van der Waals surface area contributed by atoms with Gasteiger partial charge in [-0.3, -0.25) is 4.79 Å². The monoisotopic (exact) mass is 395 g/mol. The van der Waals surface area contributed by atoms with Crippen LogP contribution in [0, 0.1) is 5.82 Å². The molecule has 0 aliphatic carbocycles. The standard InChI is InChI=1S/C23H22FNO4/c1-16(23(27)25-13-12-17-6-9-20(24)10-7-17)29-22(26)15-28-21-11-8-18-4-2-3-5-19(18)14-21/h2-11,14,16H,12-13,15H2,1H3,(H,25,27)/t16-/m0/s1. The second-order valence-corrected chi connectivity index (χ2v) is 6.60. The minimum Gasteiger partial charge on any atom is -0.482 e. The highest BCUT2D eigenvalue weighted by atomic mass is 19.1. The van der Waals surface area contributed by atoms with Gasteiger partial charge in [0.2, 0.25) is 0 Å². The van der Waals surface area contributed by atoms with Crippen molar-refractivity contribution in [2.24, 2.45) is 0 Å². The zero-order valence-electron chi connectivity index (χ0n) is 16.1. The summed E-state index contributed by atoms with van der Waals surface area (Å²) in [6.07, 6.45) is -0.381. The van der Waals surface area contributed by atoms with Gasteiger partial charge in [0.25, 0.3) is 5.91 Å². The van der Waals surface area contributed by atoms with Crippen molar-refractivity contribution < 1.29 is 23.5 Å². The molecule has 0 aliphatic heterocycles. The molecule has 0 unspecified atom stereocenters. The van der Waals surface area contributed by atoms with E-state index in [9.17, 15) is 14.0 Å². The van der Waals surface area contributed by atoms with Crippen molar-refractivity contribution in [1.82, 2.24) is 5.32 Å². The van der Waals surface area contributed by atoms with Gasteiger partial charge < -0.3 is 14.8 Å². The second kappa shape index (κ2) is 9.68. The summed E-state index contributed by atoms with van der Waals surface area (Å²) in [5.74, 6) is -0.771. The second-order valence-electron chi connectivity index (χ2n) is 6.60. The van der Waals surface area contributed by atoms with Gasteiger partial charge in [-0.15, -0.1) is 0 Å². The molecule has 29 heavy (non-hydrogen) atoms. The van der Waals surface area contributed by atoms with Crippen molar-refractivity contribution in [3.8, 4) is 5.75 Å². The Balaban J connectivity index is 1.40. The molecule has 3 aromatic rings. The number of rotatable bonds is 8. The fraction of sp³-hybridized carbons (Fsp3) is 0.217. The van der Waals surface area contributed by atoms with Gasteiger partial charge in [0.15, 0.2) is 12.7 Å². The number of ether oxygens (including phenoxy) is 2. The molecule has 150 valence electrons. The van der Waals surface area contributed by atoms with E-state index in [1.54, 1.807) is 18.2 Å². The third kappa shape index (κ3) is 6.04. The topological polar surface area (TPSA) is 64.6 Å². The number of carbonyl (C=O) groups is 2. The summed E-state index contributed by atoms with van der Waals surface area (Å²) in [7, 11) is 0. The Morgan fingerprint density at radius 2 is 1.72 bits per heavy atom. The van der Waals surface area contributed by atoms with Gasteiger partial charge in [0, 0.05) is 6.54 Å². The highest BCUT2D eigenvalue weighted by Gasteiger charge is 2.17. The molecule has 0 radical (unpaired) electrons. The summed E-state index contributed by atoms with van der Waals surface area (Å²) in [6, 6.07) is 19.4. The zero-order chi connectivity index (χ0) is 20.6. The van der Waals surface area contributed by atoms with Crippen molar-refractivity contribution in [1.29, 1.82) is 0 Å². The van der Waals surface area contributed by atoms with E-state index in [1.807, 2.05) is 36.4 Å². The van der Waals surface area contributed by atoms with Gasteiger partial charge in [-0.05, 0) is 53.9 Å². The average Bonchev–Trinajstić information content (AvgIpc) is 2.73. The molecular weight excluding hydrogens is 373 g/mol. The molecule has 5 nitrogen and oxygen atoms in total. The Morgan fingerprint density at radius 1 is 1.00 bits per heavy atom. The molecule has 6 heteroatoms. The Hall–Kier alpha value is -3.41. The van der Waals surface area contributed by atoms with E-state index in [2.05, 4.69) is 5.32 Å². The van der Waals surface area contributed by atoms with E-state index in [0.717, 1.165) is 16.3 Å². The number of nitrogens with one attached hydrogen (secondary N) is 1. The quantitative estimate of drug-likeness (QED) is 0.592. The van der Waals surface area contributed by atoms with Crippen molar-refractivity contribution in [2.75, 3.05) is 13.2 Å². The predicted molar refractivity (Wildman–Crippen MR) is 108 cm³/mol. The van der Waals surface area contributed by atoms with Crippen LogP contribution in [0.4, 0.5) is 4.39 Å². The Morgan fingerprint density at radius 3 is 2.48 bits per heavy atom. The zero-order valence-corrected chi connectivity index (χ0v) is 16.1. The Kier molecular flexibility index (Phi) is 6.79. The van der Waals surface area contributed by atoms with E-state index in [0.29, 0.717) is 18.7 Å². The predicted octanol–water partition coefficient (Wildman–Crippen LogP) is 3.65. The highest BCUT2D eigenvalue weighted by molar-refractivity contribution is 5.84. The first-order valence-corrected chi connectivity index (χ1v) is 9.34. The number of fused-ring (bicyclic) bond motifs is 1. The molecule has 0 aromatic heterocycles. The van der Waals surface area contributed by atoms with Gasteiger partial charge in [-0.2, -0.15) is 0 Å². The summed E-state index contributed by atoms with van der Waals surface area (Å²) in [6.45, 7) is 1.58. The molecule has 1 atom stereocenters. The van der Waals surface area contributed by atoms with Gasteiger partial charge in [-0.1, -0.05) is 42.5 Å². The number of hydrogen-bond acceptors (Lipinski definition) is 4. The van der Waals surface area contributed by atoms with Crippen LogP contribution in [-0.4, -0.2) is 31.1 Å². The lowest BCUT2D eigenvalue weighted by atomic mass is 10.1. The molecule has 0 fully saturated rings. The molecule has 1 N–H and O–H groups in total. The van der Waals surface area contributed by atoms with Crippen molar-refractivity contribution in [3.05, 3.63) is 78.1 Å². The largest absolute Gasteiger partial charge is 0.482 e. The lowest BCUT2D eigenvalue weighted by Gasteiger charge is -2.14. The van der Waals surface area contributed by atoms with Crippen molar-refractivity contribution in [2.45, 2.75) is 19.4 Å². The molecule has 0 heterocycles. The molecular formula is C23H22FNO4. The molecule has 3 rings (SSSR count). The molecule has 0 bridgehead atoms. The summed E-state index contributed by atoms with van der Waals surface area (Å²) in [4.78, 5) is 24.0. The third-order valence-electron chi connectivity index (χ3n) is 4.38. The van der Waals surface area contributed by atoms with Crippen LogP contribution in [0.1, 0.15) is 12.5 Å². The van der Waals surface area contributed by atoms with E-state index >= 15 is 0 Å². The van der Waals surface area contributed by atoms with Crippen LogP contribution in [0.5, 0.6) is 5.75 Å². The van der Waals surface area contributed by atoms with Gasteiger partial charge >= 0.3 is 5.97 Å². The maximum absolute atomic E-state index is 12.9. The fourth-order valence-corrected chi connectivity index (χ4v) is 2.81. The van der Waals surface area contributed by atoms with Crippen LogP contribution in [0.3, 0.4) is 0 Å². The highest BCUT2D eigenvalue weighted by Crippen LogP contribution is 2.20. The molecule has 1 amide bonds.